The van der Waals surface area contributed by atoms with Gasteiger partial charge in [0, 0.05) is 16.3 Å². The number of fused-ring (bicyclic) bond motifs is 2. The van der Waals surface area contributed by atoms with Crippen LogP contribution in [0, 0.1) is 0 Å². The Labute approximate surface area is 133 Å². The number of halogens is 1. The first-order valence-corrected chi connectivity index (χ1v) is 8.05. The highest BCUT2D eigenvalue weighted by atomic mass is 35.5. The standard InChI is InChI=1S/C17H13ClN2S/c1-11-10-21-17-19-15-8-7-13(18)9-14(15)16(20(11)17)12-5-3-2-4-6-12/h2-10,16H,1H3. The van der Waals surface area contributed by atoms with Gasteiger partial charge in [-0.05, 0) is 36.1 Å². The Bertz CT molecular complexity index is 768. The van der Waals surface area contributed by atoms with Gasteiger partial charge in [-0.25, -0.2) is 4.99 Å². The van der Waals surface area contributed by atoms with E-state index in [1.807, 2.05) is 24.3 Å². The summed E-state index contributed by atoms with van der Waals surface area (Å²) in [5, 5.41) is 3.94. The van der Waals surface area contributed by atoms with E-state index in [2.05, 4.69) is 41.5 Å². The number of hydrogen-bond acceptors (Lipinski definition) is 3. The summed E-state index contributed by atoms with van der Waals surface area (Å²) in [5.74, 6) is 0. The van der Waals surface area contributed by atoms with Crippen molar-refractivity contribution in [3.63, 3.8) is 0 Å². The van der Waals surface area contributed by atoms with Gasteiger partial charge >= 0.3 is 0 Å². The van der Waals surface area contributed by atoms with Gasteiger partial charge < -0.3 is 4.90 Å². The number of rotatable bonds is 1. The largest absolute Gasteiger partial charge is 0.312 e. The normalized spacial score (nSPS) is 19.7. The van der Waals surface area contributed by atoms with Gasteiger partial charge in [0.25, 0.3) is 0 Å². The lowest BCUT2D eigenvalue weighted by Gasteiger charge is -2.35. The van der Waals surface area contributed by atoms with Crippen LogP contribution in [0.1, 0.15) is 24.1 Å². The Morgan fingerprint density at radius 2 is 1.95 bits per heavy atom. The van der Waals surface area contributed by atoms with Gasteiger partial charge in [0.2, 0.25) is 0 Å². The predicted octanol–water partition coefficient (Wildman–Crippen LogP) is 5.34. The lowest BCUT2D eigenvalue weighted by atomic mass is 9.94. The molecule has 4 rings (SSSR count). The third kappa shape index (κ3) is 2.08. The summed E-state index contributed by atoms with van der Waals surface area (Å²) in [6, 6.07) is 16.6. The summed E-state index contributed by atoms with van der Waals surface area (Å²) in [6.45, 7) is 2.13. The fourth-order valence-corrected chi connectivity index (χ4v) is 3.93. The number of nitrogens with zero attached hydrogens (tertiary/aromatic N) is 2. The van der Waals surface area contributed by atoms with Crippen LogP contribution in [0.4, 0.5) is 5.69 Å². The quantitative estimate of drug-likeness (QED) is 0.706. The number of hydrogen-bond donors (Lipinski definition) is 0. The van der Waals surface area contributed by atoms with Crippen LogP contribution in [0.3, 0.4) is 0 Å². The molecule has 21 heavy (non-hydrogen) atoms. The lowest BCUT2D eigenvalue weighted by molar-refractivity contribution is 0.442. The van der Waals surface area contributed by atoms with E-state index in [4.69, 9.17) is 16.6 Å². The molecule has 0 radical (unpaired) electrons. The molecule has 0 saturated carbocycles. The first-order valence-electron chi connectivity index (χ1n) is 6.80. The molecule has 0 bridgehead atoms. The van der Waals surface area contributed by atoms with Gasteiger partial charge in [-0.2, -0.15) is 0 Å². The van der Waals surface area contributed by atoms with Crippen LogP contribution in [0.5, 0.6) is 0 Å². The van der Waals surface area contributed by atoms with Crippen LogP contribution < -0.4 is 0 Å². The van der Waals surface area contributed by atoms with Gasteiger partial charge in [-0.15, -0.1) is 0 Å². The zero-order valence-electron chi connectivity index (χ0n) is 11.5. The summed E-state index contributed by atoms with van der Waals surface area (Å²) in [6.07, 6.45) is 0. The molecule has 2 nitrogen and oxygen atoms in total. The zero-order valence-corrected chi connectivity index (χ0v) is 13.0. The maximum atomic E-state index is 6.22. The second-order valence-corrected chi connectivity index (χ2v) is 6.43. The molecule has 1 unspecified atom stereocenters. The van der Waals surface area contributed by atoms with Crippen molar-refractivity contribution in [3.8, 4) is 0 Å². The fraction of sp³-hybridized carbons (Fsp3) is 0.118. The van der Waals surface area contributed by atoms with Gasteiger partial charge in [-0.1, -0.05) is 53.7 Å². The molecule has 1 atom stereocenters. The Kier molecular flexibility index (Phi) is 3.05. The van der Waals surface area contributed by atoms with Crippen molar-refractivity contribution in [2.75, 3.05) is 0 Å². The third-order valence-corrected chi connectivity index (χ3v) is 4.99. The van der Waals surface area contributed by atoms with Crippen molar-refractivity contribution in [3.05, 3.63) is 75.8 Å². The van der Waals surface area contributed by atoms with Gasteiger partial charge in [0.1, 0.15) is 0 Å². The molecule has 2 aromatic carbocycles. The molecular weight excluding hydrogens is 300 g/mol. The second kappa shape index (κ2) is 4.93. The van der Waals surface area contributed by atoms with Crippen LogP contribution in [0.2, 0.25) is 5.02 Å². The van der Waals surface area contributed by atoms with Gasteiger partial charge in [0.15, 0.2) is 5.17 Å². The van der Waals surface area contributed by atoms with Crippen LogP contribution >= 0.6 is 23.4 Å². The first kappa shape index (κ1) is 13.0. The van der Waals surface area contributed by atoms with E-state index < -0.39 is 0 Å². The van der Waals surface area contributed by atoms with E-state index in [1.165, 1.54) is 11.3 Å². The maximum Gasteiger partial charge on any atom is 0.173 e. The minimum Gasteiger partial charge on any atom is -0.312 e. The molecule has 0 amide bonds. The molecule has 0 aliphatic carbocycles. The first-order chi connectivity index (χ1) is 10.2. The van der Waals surface area contributed by atoms with E-state index in [-0.39, 0.29) is 6.04 Å². The zero-order chi connectivity index (χ0) is 14.4. The summed E-state index contributed by atoms with van der Waals surface area (Å²) in [7, 11) is 0. The summed E-state index contributed by atoms with van der Waals surface area (Å²) in [4.78, 5) is 7.06. The molecule has 0 spiro atoms. The van der Waals surface area contributed by atoms with Crippen molar-refractivity contribution in [2.45, 2.75) is 13.0 Å². The average Bonchev–Trinajstić information content (AvgIpc) is 2.87. The average molecular weight is 313 g/mol. The summed E-state index contributed by atoms with van der Waals surface area (Å²) < 4.78 is 0. The molecule has 2 aliphatic rings. The molecule has 2 aromatic rings. The van der Waals surface area contributed by atoms with Crippen molar-refractivity contribution in [2.24, 2.45) is 4.99 Å². The number of benzene rings is 2. The molecule has 0 saturated heterocycles. The highest BCUT2D eigenvalue weighted by Gasteiger charge is 2.35. The van der Waals surface area contributed by atoms with Crippen molar-refractivity contribution in [1.82, 2.24) is 4.90 Å². The SMILES string of the molecule is CC1=CSC2=Nc3ccc(Cl)cc3C(c3ccccc3)N12. The van der Waals surface area contributed by atoms with E-state index in [0.717, 1.165) is 21.4 Å². The molecule has 0 N–H and O–H groups in total. The van der Waals surface area contributed by atoms with Crippen molar-refractivity contribution in [1.29, 1.82) is 0 Å². The number of allylic oxidation sites excluding steroid dienone is 1. The highest BCUT2D eigenvalue weighted by molar-refractivity contribution is 8.16. The van der Waals surface area contributed by atoms with Crippen molar-refractivity contribution < 1.29 is 0 Å². The monoisotopic (exact) mass is 312 g/mol. The van der Waals surface area contributed by atoms with Gasteiger partial charge in [0.05, 0.1) is 11.7 Å². The highest BCUT2D eigenvalue weighted by Crippen LogP contribution is 2.46. The molecular formula is C17H13ClN2S. The Morgan fingerprint density at radius 1 is 1.14 bits per heavy atom. The Morgan fingerprint density at radius 3 is 2.76 bits per heavy atom. The minimum atomic E-state index is 0.138. The van der Waals surface area contributed by atoms with Crippen LogP contribution in [0.25, 0.3) is 0 Å². The number of thioether (sulfide) groups is 1. The molecule has 4 heteroatoms. The summed E-state index contributed by atoms with van der Waals surface area (Å²) >= 11 is 7.90. The van der Waals surface area contributed by atoms with E-state index in [0.29, 0.717) is 0 Å². The maximum absolute atomic E-state index is 6.22. The third-order valence-electron chi connectivity index (χ3n) is 3.79. The molecule has 104 valence electrons. The predicted molar refractivity (Wildman–Crippen MR) is 90.0 cm³/mol. The van der Waals surface area contributed by atoms with E-state index >= 15 is 0 Å². The minimum absolute atomic E-state index is 0.138. The van der Waals surface area contributed by atoms with Crippen molar-refractivity contribution >= 4 is 34.2 Å². The summed E-state index contributed by atoms with van der Waals surface area (Å²) in [5.41, 5.74) is 4.64. The smallest absolute Gasteiger partial charge is 0.173 e. The van der Waals surface area contributed by atoms with Crippen LogP contribution in [-0.4, -0.2) is 10.1 Å². The van der Waals surface area contributed by atoms with E-state index in [1.54, 1.807) is 11.8 Å². The lowest BCUT2D eigenvalue weighted by Crippen LogP contribution is -2.31. The molecule has 0 aromatic heterocycles. The topological polar surface area (TPSA) is 15.6 Å². The van der Waals surface area contributed by atoms with Gasteiger partial charge in [-0.3, -0.25) is 0 Å². The number of amidine groups is 1. The number of aliphatic imine (C=N–C) groups is 1. The molecule has 2 aliphatic heterocycles. The molecule has 2 heterocycles. The van der Waals surface area contributed by atoms with Crippen LogP contribution in [-0.2, 0) is 0 Å². The Balaban J connectivity index is 1.95. The fourth-order valence-electron chi connectivity index (χ4n) is 2.85. The second-order valence-electron chi connectivity index (χ2n) is 5.16. The Hall–Kier alpha value is -1.71. The van der Waals surface area contributed by atoms with E-state index in [9.17, 15) is 0 Å². The molecule has 0 fully saturated rings. The van der Waals surface area contributed by atoms with Crippen LogP contribution in [0.15, 0.2) is 64.6 Å².